The molecule has 0 spiro atoms. The summed E-state index contributed by atoms with van der Waals surface area (Å²) < 4.78 is 0. The van der Waals surface area contributed by atoms with Crippen LogP contribution in [0.5, 0.6) is 0 Å². The van der Waals surface area contributed by atoms with Gasteiger partial charge in [0.15, 0.2) is 0 Å². The van der Waals surface area contributed by atoms with Gasteiger partial charge in [-0.25, -0.2) is 0 Å². The van der Waals surface area contributed by atoms with Crippen LogP contribution in [0.2, 0.25) is 0 Å². The molecule has 1 heterocycles. The summed E-state index contributed by atoms with van der Waals surface area (Å²) in [5, 5.41) is 3.19. The zero-order chi connectivity index (χ0) is 10.4. The van der Waals surface area contributed by atoms with Crippen LogP contribution >= 0.6 is 11.8 Å². The fourth-order valence-electron chi connectivity index (χ4n) is 1.49. The third-order valence-electron chi connectivity index (χ3n) is 2.17. The first-order chi connectivity index (χ1) is 6.79. The van der Waals surface area contributed by atoms with E-state index in [1.54, 1.807) is 17.8 Å². The van der Waals surface area contributed by atoms with Crippen molar-refractivity contribution < 1.29 is 4.79 Å². The Labute approximate surface area is 89.9 Å². The van der Waals surface area contributed by atoms with Crippen LogP contribution in [0.15, 0.2) is 12.7 Å². The van der Waals surface area contributed by atoms with Crippen molar-refractivity contribution in [1.29, 1.82) is 0 Å². The quantitative estimate of drug-likeness (QED) is 0.695. The Bertz CT molecular complexity index is 202. The average Bonchev–Trinajstić information content (AvgIpc) is 2.69. The van der Waals surface area contributed by atoms with Crippen LogP contribution in [-0.4, -0.2) is 41.6 Å². The van der Waals surface area contributed by atoms with Crippen molar-refractivity contribution >= 4 is 17.7 Å². The molecule has 1 aliphatic rings. The summed E-state index contributed by atoms with van der Waals surface area (Å²) in [6, 6.07) is 0.0199. The van der Waals surface area contributed by atoms with Crippen molar-refractivity contribution in [2.45, 2.75) is 19.4 Å². The van der Waals surface area contributed by atoms with E-state index < -0.39 is 0 Å². The minimum atomic E-state index is 0.0199. The van der Waals surface area contributed by atoms with Gasteiger partial charge in [0.2, 0.25) is 5.91 Å². The van der Waals surface area contributed by atoms with Gasteiger partial charge in [0.05, 0.1) is 6.04 Å². The van der Waals surface area contributed by atoms with E-state index >= 15 is 0 Å². The number of thioether (sulfide) groups is 1. The molecule has 1 N–H and O–H groups in total. The standard InChI is InChI=1S/C10H18N2OS/c1-3-5-12(6-4-2)10(13)9-7-14-8-11-9/h3,9,11H,1,4-8H2,2H3. The van der Waals surface area contributed by atoms with Gasteiger partial charge in [-0.3, -0.25) is 10.1 Å². The molecule has 1 rings (SSSR count). The van der Waals surface area contributed by atoms with Crippen molar-refractivity contribution in [1.82, 2.24) is 10.2 Å². The highest BCUT2D eigenvalue weighted by atomic mass is 32.2. The topological polar surface area (TPSA) is 32.3 Å². The number of nitrogens with one attached hydrogen (secondary N) is 1. The highest BCUT2D eigenvalue weighted by Crippen LogP contribution is 2.12. The maximum Gasteiger partial charge on any atom is 0.240 e. The second-order valence-corrected chi connectivity index (χ2v) is 4.38. The van der Waals surface area contributed by atoms with Gasteiger partial charge in [-0.1, -0.05) is 13.0 Å². The van der Waals surface area contributed by atoms with Crippen LogP contribution in [-0.2, 0) is 4.79 Å². The number of hydrogen-bond donors (Lipinski definition) is 1. The van der Waals surface area contributed by atoms with E-state index in [9.17, 15) is 4.79 Å². The van der Waals surface area contributed by atoms with Gasteiger partial charge in [-0.15, -0.1) is 18.3 Å². The van der Waals surface area contributed by atoms with Crippen molar-refractivity contribution in [2.75, 3.05) is 24.7 Å². The van der Waals surface area contributed by atoms with Crippen molar-refractivity contribution in [3.05, 3.63) is 12.7 Å². The molecule has 1 atom stereocenters. The molecule has 0 aromatic heterocycles. The highest BCUT2D eigenvalue weighted by Gasteiger charge is 2.25. The molecule has 0 aliphatic carbocycles. The van der Waals surface area contributed by atoms with Gasteiger partial charge in [0, 0.05) is 24.7 Å². The van der Waals surface area contributed by atoms with Gasteiger partial charge < -0.3 is 4.90 Å². The predicted molar refractivity (Wildman–Crippen MR) is 61.3 cm³/mol. The molecule has 1 unspecified atom stereocenters. The normalized spacial score (nSPS) is 20.8. The number of carbonyl (C=O) groups excluding carboxylic acids is 1. The predicted octanol–water partition coefficient (Wildman–Crippen LogP) is 1.07. The van der Waals surface area contributed by atoms with Crippen LogP contribution in [0.4, 0.5) is 0 Å². The molecule has 80 valence electrons. The summed E-state index contributed by atoms with van der Waals surface area (Å²) in [4.78, 5) is 13.8. The van der Waals surface area contributed by atoms with E-state index in [1.165, 1.54) is 0 Å². The Morgan fingerprint density at radius 3 is 3.07 bits per heavy atom. The third kappa shape index (κ3) is 3.03. The molecule has 1 aliphatic heterocycles. The minimum absolute atomic E-state index is 0.0199. The van der Waals surface area contributed by atoms with Crippen LogP contribution in [0.3, 0.4) is 0 Å². The largest absolute Gasteiger partial charge is 0.338 e. The Morgan fingerprint density at radius 1 is 1.79 bits per heavy atom. The molecule has 14 heavy (non-hydrogen) atoms. The lowest BCUT2D eigenvalue weighted by Gasteiger charge is -2.23. The molecule has 0 aromatic rings. The first-order valence-electron chi connectivity index (χ1n) is 5.00. The zero-order valence-corrected chi connectivity index (χ0v) is 9.48. The van der Waals surface area contributed by atoms with Crippen molar-refractivity contribution in [2.24, 2.45) is 0 Å². The Kier molecular flexibility index (Phi) is 5.04. The maximum absolute atomic E-state index is 11.9. The lowest BCUT2D eigenvalue weighted by atomic mass is 10.2. The minimum Gasteiger partial charge on any atom is -0.338 e. The average molecular weight is 214 g/mol. The van der Waals surface area contributed by atoms with E-state index in [2.05, 4.69) is 18.8 Å². The number of carbonyl (C=O) groups is 1. The van der Waals surface area contributed by atoms with Gasteiger partial charge in [-0.05, 0) is 6.42 Å². The van der Waals surface area contributed by atoms with Gasteiger partial charge in [0.25, 0.3) is 0 Å². The van der Waals surface area contributed by atoms with Gasteiger partial charge >= 0.3 is 0 Å². The molecule has 4 heteroatoms. The summed E-state index contributed by atoms with van der Waals surface area (Å²) in [5.74, 6) is 2.01. The fourth-order valence-corrected chi connectivity index (χ4v) is 2.42. The zero-order valence-electron chi connectivity index (χ0n) is 8.66. The first-order valence-corrected chi connectivity index (χ1v) is 6.15. The second kappa shape index (κ2) is 6.09. The molecular weight excluding hydrogens is 196 g/mol. The molecular formula is C10H18N2OS. The summed E-state index contributed by atoms with van der Waals surface area (Å²) >= 11 is 1.78. The van der Waals surface area contributed by atoms with Crippen LogP contribution in [0, 0.1) is 0 Å². The van der Waals surface area contributed by atoms with Crippen LogP contribution < -0.4 is 5.32 Å². The van der Waals surface area contributed by atoms with E-state index in [1.807, 2.05) is 4.90 Å². The number of amides is 1. The molecule has 0 aromatic carbocycles. The van der Waals surface area contributed by atoms with Crippen LogP contribution in [0.1, 0.15) is 13.3 Å². The molecule has 1 fully saturated rings. The summed E-state index contributed by atoms with van der Waals surface area (Å²) in [5.41, 5.74) is 0. The van der Waals surface area contributed by atoms with E-state index in [-0.39, 0.29) is 11.9 Å². The molecule has 3 nitrogen and oxygen atoms in total. The first kappa shape index (κ1) is 11.6. The van der Waals surface area contributed by atoms with Crippen LogP contribution in [0.25, 0.3) is 0 Å². The fraction of sp³-hybridized carbons (Fsp3) is 0.700. The highest BCUT2D eigenvalue weighted by molar-refractivity contribution is 7.99. The molecule has 0 saturated carbocycles. The Morgan fingerprint density at radius 2 is 2.57 bits per heavy atom. The van der Waals surface area contributed by atoms with E-state index in [4.69, 9.17) is 0 Å². The third-order valence-corrected chi connectivity index (χ3v) is 3.11. The number of rotatable bonds is 5. The smallest absolute Gasteiger partial charge is 0.240 e. The SMILES string of the molecule is C=CCN(CCC)C(=O)C1CSCN1. The molecule has 0 bridgehead atoms. The van der Waals surface area contributed by atoms with Gasteiger partial charge in [0.1, 0.15) is 0 Å². The summed E-state index contributed by atoms with van der Waals surface area (Å²) in [6.07, 6.45) is 2.79. The molecule has 0 radical (unpaired) electrons. The van der Waals surface area contributed by atoms with E-state index in [0.29, 0.717) is 6.54 Å². The van der Waals surface area contributed by atoms with Crippen molar-refractivity contribution in [3.8, 4) is 0 Å². The summed E-state index contributed by atoms with van der Waals surface area (Å²) in [6.45, 7) is 7.25. The second-order valence-electron chi connectivity index (χ2n) is 3.34. The lowest BCUT2D eigenvalue weighted by Crippen LogP contribution is -2.45. The summed E-state index contributed by atoms with van der Waals surface area (Å²) in [7, 11) is 0. The molecule has 1 saturated heterocycles. The Hall–Kier alpha value is -0.480. The van der Waals surface area contributed by atoms with Crippen molar-refractivity contribution in [3.63, 3.8) is 0 Å². The van der Waals surface area contributed by atoms with E-state index in [0.717, 1.165) is 24.6 Å². The lowest BCUT2D eigenvalue weighted by molar-refractivity contribution is -0.132. The Balaban J connectivity index is 2.47. The number of hydrogen-bond acceptors (Lipinski definition) is 3. The van der Waals surface area contributed by atoms with Gasteiger partial charge in [-0.2, -0.15) is 0 Å². The number of nitrogens with zero attached hydrogens (tertiary/aromatic N) is 1. The maximum atomic E-state index is 11.9. The monoisotopic (exact) mass is 214 g/mol. The molecule has 1 amide bonds.